The van der Waals surface area contributed by atoms with Crippen LogP contribution in [0.25, 0.3) is 0 Å². The van der Waals surface area contributed by atoms with Crippen LogP contribution in [0.4, 0.5) is 0 Å². The highest BCUT2D eigenvalue weighted by atomic mass is 32.1. The molecule has 0 aliphatic carbocycles. The number of thiophene rings is 1. The van der Waals surface area contributed by atoms with Gasteiger partial charge in [0.15, 0.2) is 0 Å². The molecule has 1 heterocycles. The first-order chi connectivity index (χ1) is 7.99. The fraction of sp³-hybridized carbons (Fsp3) is 0.500. The van der Waals surface area contributed by atoms with E-state index in [2.05, 4.69) is 5.32 Å². The van der Waals surface area contributed by atoms with Crippen LogP contribution in [0.3, 0.4) is 0 Å². The normalized spacial score (nSPS) is 12.2. The van der Waals surface area contributed by atoms with Gasteiger partial charge in [0.25, 0.3) is 5.91 Å². The van der Waals surface area contributed by atoms with Gasteiger partial charge < -0.3 is 10.4 Å². The summed E-state index contributed by atoms with van der Waals surface area (Å²) in [7, 11) is 0. The smallest absolute Gasteiger partial charge is 0.326 e. The van der Waals surface area contributed by atoms with Gasteiger partial charge >= 0.3 is 5.97 Å². The summed E-state index contributed by atoms with van der Waals surface area (Å²) in [4.78, 5) is 24.3. The number of carboxylic acids is 1. The van der Waals surface area contributed by atoms with E-state index >= 15 is 0 Å². The number of rotatable bonds is 5. The van der Waals surface area contributed by atoms with Crippen molar-refractivity contribution in [1.82, 2.24) is 5.32 Å². The first-order valence-corrected chi connectivity index (χ1v) is 6.44. The lowest BCUT2D eigenvalue weighted by atomic mass is 10.2. The molecule has 94 valence electrons. The minimum atomic E-state index is -0.996. The number of aryl methyl sites for hydroxylation is 2. The first-order valence-electron chi connectivity index (χ1n) is 5.62. The van der Waals surface area contributed by atoms with Crippen molar-refractivity contribution < 1.29 is 14.7 Å². The molecule has 1 aromatic rings. The molecule has 4 nitrogen and oxygen atoms in total. The molecule has 0 saturated heterocycles. The number of carbonyl (C=O) groups is 2. The fourth-order valence-electron chi connectivity index (χ4n) is 1.55. The molecule has 0 fully saturated rings. The van der Waals surface area contributed by atoms with E-state index < -0.39 is 12.0 Å². The van der Waals surface area contributed by atoms with Crippen molar-refractivity contribution in [3.05, 3.63) is 21.4 Å². The summed E-state index contributed by atoms with van der Waals surface area (Å²) < 4.78 is 0. The SMILES string of the molecule is CCc1cc(C(=O)N[C@H](CC)C(=O)O)sc1C. The molecule has 1 amide bonds. The standard InChI is InChI=1S/C12H17NO3S/c1-4-8-6-10(17-7(8)3)11(14)13-9(5-2)12(15)16/h6,9H,4-5H2,1-3H3,(H,13,14)(H,15,16)/t9-/m1/s1. The summed E-state index contributed by atoms with van der Waals surface area (Å²) in [5.41, 5.74) is 1.14. The summed E-state index contributed by atoms with van der Waals surface area (Å²) in [5.74, 6) is -1.29. The molecular formula is C12H17NO3S. The molecule has 0 aliphatic heterocycles. The van der Waals surface area contributed by atoms with Crippen LogP contribution < -0.4 is 5.32 Å². The van der Waals surface area contributed by atoms with Crippen molar-refractivity contribution in [2.24, 2.45) is 0 Å². The first kappa shape index (κ1) is 13.7. The number of nitrogens with one attached hydrogen (secondary N) is 1. The summed E-state index contributed by atoms with van der Waals surface area (Å²) >= 11 is 1.41. The van der Waals surface area contributed by atoms with Crippen molar-refractivity contribution in [2.45, 2.75) is 39.7 Å². The zero-order chi connectivity index (χ0) is 13.0. The molecule has 1 atom stereocenters. The minimum absolute atomic E-state index is 0.299. The van der Waals surface area contributed by atoms with Gasteiger partial charge in [-0.15, -0.1) is 11.3 Å². The molecule has 0 aliphatic rings. The Bertz CT molecular complexity index is 425. The maximum atomic E-state index is 11.8. The van der Waals surface area contributed by atoms with E-state index in [9.17, 15) is 9.59 Å². The minimum Gasteiger partial charge on any atom is -0.480 e. The molecule has 0 aromatic carbocycles. The third kappa shape index (κ3) is 3.30. The van der Waals surface area contributed by atoms with E-state index in [-0.39, 0.29) is 5.91 Å². The van der Waals surface area contributed by atoms with Crippen LogP contribution in [0.15, 0.2) is 6.07 Å². The van der Waals surface area contributed by atoms with Gasteiger partial charge in [-0.3, -0.25) is 4.79 Å². The number of carboxylic acid groups (broad SMARTS) is 1. The Balaban J connectivity index is 2.78. The van der Waals surface area contributed by atoms with Gasteiger partial charge in [0.05, 0.1) is 4.88 Å². The molecule has 1 rings (SSSR count). The molecular weight excluding hydrogens is 238 g/mol. The number of hydrogen-bond donors (Lipinski definition) is 2. The second kappa shape index (κ2) is 5.82. The molecule has 0 saturated carbocycles. The van der Waals surface area contributed by atoms with Crippen LogP contribution >= 0.6 is 11.3 Å². The third-order valence-electron chi connectivity index (χ3n) is 2.64. The molecule has 0 bridgehead atoms. The Morgan fingerprint density at radius 1 is 1.47 bits per heavy atom. The van der Waals surface area contributed by atoms with Crippen molar-refractivity contribution in [3.63, 3.8) is 0 Å². The maximum Gasteiger partial charge on any atom is 0.326 e. The van der Waals surface area contributed by atoms with E-state index in [0.717, 1.165) is 16.9 Å². The van der Waals surface area contributed by atoms with Crippen LogP contribution in [0.1, 0.15) is 40.4 Å². The lowest BCUT2D eigenvalue weighted by molar-refractivity contribution is -0.139. The van der Waals surface area contributed by atoms with Crippen molar-refractivity contribution in [1.29, 1.82) is 0 Å². The van der Waals surface area contributed by atoms with Crippen molar-refractivity contribution in [3.8, 4) is 0 Å². The maximum absolute atomic E-state index is 11.8. The molecule has 2 N–H and O–H groups in total. The van der Waals surface area contributed by atoms with Crippen LogP contribution in [-0.2, 0) is 11.2 Å². The van der Waals surface area contributed by atoms with E-state index in [1.807, 2.05) is 19.9 Å². The molecule has 5 heteroatoms. The number of carbonyl (C=O) groups excluding carboxylic acids is 1. The number of amides is 1. The Morgan fingerprint density at radius 3 is 2.53 bits per heavy atom. The van der Waals surface area contributed by atoms with Gasteiger partial charge in [0, 0.05) is 4.88 Å². The molecule has 1 aromatic heterocycles. The Labute approximate surface area is 105 Å². The molecule has 0 spiro atoms. The topological polar surface area (TPSA) is 66.4 Å². The highest BCUT2D eigenvalue weighted by Crippen LogP contribution is 2.22. The molecule has 17 heavy (non-hydrogen) atoms. The van der Waals surface area contributed by atoms with Gasteiger partial charge in [0.2, 0.25) is 0 Å². The van der Waals surface area contributed by atoms with E-state index in [1.165, 1.54) is 11.3 Å². The van der Waals surface area contributed by atoms with E-state index in [4.69, 9.17) is 5.11 Å². The summed E-state index contributed by atoms with van der Waals surface area (Å²) in [5, 5.41) is 11.4. The lowest BCUT2D eigenvalue weighted by Gasteiger charge is -2.10. The van der Waals surface area contributed by atoms with Gasteiger partial charge in [-0.2, -0.15) is 0 Å². The highest BCUT2D eigenvalue weighted by Gasteiger charge is 2.20. The van der Waals surface area contributed by atoms with Gasteiger partial charge in [-0.1, -0.05) is 13.8 Å². The second-order valence-electron chi connectivity index (χ2n) is 3.82. The number of hydrogen-bond acceptors (Lipinski definition) is 3. The van der Waals surface area contributed by atoms with Gasteiger partial charge in [-0.05, 0) is 31.4 Å². The average molecular weight is 255 g/mol. The highest BCUT2D eigenvalue weighted by molar-refractivity contribution is 7.14. The monoisotopic (exact) mass is 255 g/mol. The fourth-order valence-corrected chi connectivity index (χ4v) is 2.57. The van der Waals surface area contributed by atoms with Gasteiger partial charge in [-0.25, -0.2) is 4.79 Å². The predicted octanol–water partition coefficient (Wildman–Crippen LogP) is 2.21. The Hall–Kier alpha value is -1.36. The Morgan fingerprint density at radius 2 is 2.12 bits per heavy atom. The van der Waals surface area contributed by atoms with Crippen LogP contribution in [0.5, 0.6) is 0 Å². The third-order valence-corrected chi connectivity index (χ3v) is 3.73. The number of aliphatic carboxylic acids is 1. The second-order valence-corrected chi connectivity index (χ2v) is 5.07. The van der Waals surface area contributed by atoms with Crippen molar-refractivity contribution in [2.75, 3.05) is 0 Å². The van der Waals surface area contributed by atoms with E-state index in [1.54, 1.807) is 6.92 Å². The van der Waals surface area contributed by atoms with Crippen LogP contribution in [0, 0.1) is 6.92 Å². The van der Waals surface area contributed by atoms with Crippen LogP contribution in [-0.4, -0.2) is 23.0 Å². The van der Waals surface area contributed by atoms with Crippen LogP contribution in [0.2, 0.25) is 0 Å². The average Bonchev–Trinajstić information content (AvgIpc) is 2.66. The Kier molecular flexibility index (Phi) is 4.69. The quantitative estimate of drug-likeness (QED) is 0.847. The summed E-state index contributed by atoms with van der Waals surface area (Å²) in [6, 6.07) is 1.03. The van der Waals surface area contributed by atoms with Gasteiger partial charge in [0.1, 0.15) is 6.04 Å². The summed E-state index contributed by atoms with van der Waals surface area (Å²) in [6.07, 6.45) is 1.26. The molecule has 0 unspecified atom stereocenters. The van der Waals surface area contributed by atoms with E-state index in [0.29, 0.717) is 11.3 Å². The lowest BCUT2D eigenvalue weighted by Crippen LogP contribution is -2.39. The molecule has 0 radical (unpaired) electrons. The zero-order valence-corrected chi connectivity index (χ0v) is 11.1. The summed E-state index contributed by atoms with van der Waals surface area (Å²) in [6.45, 7) is 5.73. The van der Waals surface area contributed by atoms with Crippen molar-refractivity contribution >= 4 is 23.2 Å². The zero-order valence-electron chi connectivity index (χ0n) is 10.2. The predicted molar refractivity (Wildman–Crippen MR) is 67.6 cm³/mol. The largest absolute Gasteiger partial charge is 0.480 e.